The Bertz CT molecular complexity index is 394. The predicted molar refractivity (Wildman–Crippen MR) is 59.1 cm³/mol. The molecular weight excluding hydrogens is 230 g/mol. The molecule has 2 N–H and O–H groups in total. The maximum Gasteiger partial charge on any atom is 0.242 e. The van der Waals surface area contributed by atoms with E-state index in [1.807, 2.05) is 0 Å². The first-order chi connectivity index (χ1) is 7.33. The number of carbonyl (C=O) groups excluding carboxylic acids is 1. The van der Waals surface area contributed by atoms with Crippen molar-refractivity contribution in [1.29, 1.82) is 0 Å². The first-order valence-electron chi connectivity index (χ1n) is 5.36. The van der Waals surface area contributed by atoms with Gasteiger partial charge in [-0.1, -0.05) is 0 Å². The molecule has 0 spiro atoms. The minimum absolute atomic E-state index is 0.0272. The molecule has 7 heteroatoms. The Balaban J connectivity index is 1.93. The van der Waals surface area contributed by atoms with Gasteiger partial charge in [0.1, 0.15) is 0 Å². The van der Waals surface area contributed by atoms with Gasteiger partial charge in [0.25, 0.3) is 0 Å². The van der Waals surface area contributed by atoms with E-state index >= 15 is 0 Å². The largest absolute Gasteiger partial charge is 0.338 e. The van der Waals surface area contributed by atoms with E-state index in [0.717, 1.165) is 12.8 Å². The van der Waals surface area contributed by atoms with Crippen molar-refractivity contribution < 1.29 is 13.2 Å². The Morgan fingerprint density at radius 3 is 2.06 bits per heavy atom. The van der Waals surface area contributed by atoms with Gasteiger partial charge in [0.2, 0.25) is 15.9 Å². The third kappa shape index (κ3) is 2.21. The minimum Gasteiger partial charge on any atom is -0.338 e. The first-order valence-corrected chi connectivity index (χ1v) is 7.21. The van der Waals surface area contributed by atoms with E-state index in [9.17, 15) is 13.2 Å². The third-order valence-corrected chi connectivity index (χ3v) is 4.51. The van der Waals surface area contributed by atoms with E-state index in [2.05, 4.69) is 0 Å². The van der Waals surface area contributed by atoms with Crippen LogP contribution in [0.15, 0.2) is 0 Å². The number of rotatable bonds is 2. The van der Waals surface area contributed by atoms with E-state index in [1.54, 1.807) is 4.90 Å². The standard InChI is InChI=1S/C9H17N3O3S/c1-16(14,15)12-6-4-11(5-7-12)8(13)9(10)2-3-9/h2-7,10H2,1H3. The fourth-order valence-corrected chi connectivity index (χ4v) is 2.71. The Labute approximate surface area is 95.4 Å². The van der Waals surface area contributed by atoms with Crippen LogP contribution < -0.4 is 5.73 Å². The van der Waals surface area contributed by atoms with Crippen molar-refractivity contribution in [1.82, 2.24) is 9.21 Å². The van der Waals surface area contributed by atoms with Crippen LogP contribution in [-0.2, 0) is 14.8 Å². The second-order valence-corrected chi connectivity index (χ2v) is 6.59. The Morgan fingerprint density at radius 1 is 1.19 bits per heavy atom. The smallest absolute Gasteiger partial charge is 0.242 e. The van der Waals surface area contributed by atoms with Gasteiger partial charge in [-0.25, -0.2) is 8.42 Å². The molecule has 0 radical (unpaired) electrons. The summed E-state index contributed by atoms with van der Waals surface area (Å²) in [5.74, 6) is -0.0272. The van der Waals surface area contributed by atoms with Crippen LogP contribution in [0.2, 0.25) is 0 Å². The summed E-state index contributed by atoms with van der Waals surface area (Å²) >= 11 is 0. The van der Waals surface area contributed by atoms with Crippen molar-refractivity contribution in [3.8, 4) is 0 Å². The fraction of sp³-hybridized carbons (Fsp3) is 0.889. The molecule has 0 aromatic carbocycles. The highest BCUT2D eigenvalue weighted by Crippen LogP contribution is 2.34. The lowest BCUT2D eigenvalue weighted by Gasteiger charge is -2.34. The van der Waals surface area contributed by atoms with Crippen molar-refractivity contribution in [3.63, 3.8) is 0 Å². The summed E-state index contributed by atoms with van der Waals surface area (Å²) in [5.41, 5.74) is 5.17. The van der Waals surface area contributed by atoms with Gasteiger partial charge in [-0.05, 0) is 12.8 Å². The van der Waals surface area contributed by atoms with E-state index in [4.69, 9.17) is 5.73 Å². The summed E-state index contributed by atoms with van der Waals surface area (Å²) in [7, 11) is -3.13. The molecule has 1 saturated heterocycles. The second-order valence-electron chi connectivity index (χ2n) is 4.61. The quantitative estimate of drug-likeness (QED) is 0.649. The summed E-state index contributed by atoms with van der Waals surface area (Å²) in [5, 5.41) is 0. The molecule has 1 amide bonds. The molecule has 16 heavy (non-hydrogen) atoms. The van der Waals surface area contributed by atoms with Crippen molar-refractivity contribution >= 4 is 15.9 Å². The number of carbonyl (C=O) groups is 1. The molecule has 1 aliphatic carbocycles. The lowest BCUT2D eigenvalue weighted by Crippen LogP contribution is -2.54. The molecule has 2 rings (SSSR count). The van der Waals surface area contributed by atoms with Gasteiger partial charge >= 0.3 is 0 Å². The van der Waals surface area contributed by atoms with E-state index < -0.39 is 15.6 Å². The zero-order valence-electron chi connectivity index (χ0n) is 9.35. The molecule has 2 aliphatic rings. The van der Waals surface area contributed by atoms with E-state index in [-0.39, 0.29) is 5.91 Å². The summed E-state index contributed by atoms with van der Waals surface area (Å²) in [4.78, 5) is 13.5. The third-order valence-electron chi connectivity index (χ3n) is 3.21. The van der Waals surface area contributed by atoms with Crippen LogP contribution in [0.4, 0.5) is 0 Å². The van der Waals surface area contributed by atoms with Crippen LogP contribution in [0, 0.1) is 0 Å². The first kappa shape index (κ1) is 11.8. The highest BCUT2D eigenvalue weighted by molar-refractivity contribution is 7.88. The van der Waals surface area contributed by atoms with Gasteiger partial charge in [0.05, 0.1) is 11.8 Å². The van der Waals surface area contributed by atoms with Crippen molar-refractivity contribution in [3.05, 3.63) is 0 Å². The van der Waals surface area contributed by atoms with Crippen LogP contribution in [0.25, 0.3) is 0 Å². The SMILES string of the molecule is CS(=O)(=O)N1CCN(C(=O)C2(N)CC2)CC1. The highest BCUT2D eigenvalue weighted by atomic mass is 32.2. The van der Waals surface area contributed by atoms with Gasteiger partial charge in [-0.15, -0.1) is 0 Å². The van der Waals surface area contributed by atoms with Gasteiger partial charge in [0.15, 0.2) is 0 Å². The molecule has 0 aromatic heterocycles. The molecule has 1 heterocycles. The molecule has 6 nitrogen and oxygen atoms in total. The predicted octanol–water partition coefficient (Wildman–Crippen LogP) is -1.42. The number of piperazine rings is 1. The monoisotopic (exact) mass is 247 g/mol. The maximum atomic E-state index is 11.9. The molecule has 0 atom stereocenters. The Kier molecular flexibility index (Phi) is 2.72. The van der Waals surface area contributed by atoms with Crippen LogP contribution >= 0.6 is 0 Å². The van der Waals surface area contributed by atoms with Crippen molar-refractivity contribution in [2.45, 2.75) is 18.4 Å². The average molecular weight is 247 g/mol. The van der Waals surface area contributed by atoms with Crippen LogP contribution in [-0.4, -0.2) is 61.5 Å². The molecule has 1 aliphatic heterocycles. The zero-order chi connectivity index (χ0) is 12.0. The summed E-state index contributed by atoms with van der Waals surface area (Å²) in [6.07, 6.45) is 2.69. The number of nitrogens with zero attached hydrogens (tertiary/aromatic N) is 2. The van der Waals surface area contributed by atoms with Gasteiger partial charge in [-0.3, -0.25) is 4.79 Å². The lowest BCUT2D eigenvalue weighted by atomic mass is 10.2. The summed E-state index contributed by atoms with van der Waals surface area (Å²) < 4.78 is 23.9. The molecule has 0 unspecified atom stereocenters. The molecule has 0 bridgehead atoms. The molecular formula is C9H17N3O3S. The average Bonchev–Trinajstić information content (AvgIpc) is 2.96. The number of hydrogen-bond donors (Lipinski definition) is 1. The number of amides is 1. The zero-order valence-corrected chi connectivity index (χ0v) is 10.2. The molecule has 0 aromatic rings. The lowest BCUT2D eigenvalue weighted by molar-refractivity contribution is -0.134. The molecule has 1 saturated carbocycles. The maximum absolute atomic E-state index is 11.9. The van der Waals surface area contributed by atoms with Crippen molar-refractivity contribution in [2.24, 2.45) is 5.73 Å². The second kappa shape index (κ2) is 3.68. The Morgan fingerprint density at radius 2 is 1.69 bits per heavy atom. The van der Waals surface area contributed by atoms with Gasteiger partial charge < -0.3 is 10.6 Å². The van der Waals surface area contributed by atoms with Gasteiger partial charge in [-0.2, -0.15) is 4.31 Å². The minimum atomic E-state index is -3.13. The molecule has 92 valence electrons. The number of hydrogen-bond acceptors (Lipinski definition) is 4. The highest BCUT2D eigenvalue weighted by Gasteiger charge is 2.48. The molecule has 2 fully saturated rings. The fourth-order valence-electron chi connectivity index (χ4n) is 1.89. The summed E-state index contributed by atoms with van der Waals surface area (Å²) in [6, 6.07) is 0. The Hall–Kier alpha value is -0.660. The number of nitrogens with two attached hydrogens (primary N) is 1. The topological polar surface area (TPSA) is 83.7 Å². The summed E-state index contributed by atoms with van der Waals surface area (Å²) in [6.45, 7) is 1.65. The van der Waals surface area contributed by atoms with E-state index in [1.165, 1.54) is 10.6 Å². The van der Waals surface area contributed by atoms with Gasteiger partial charge in [0, 0.05) is 26.2 Å². The normalized spacial score (nSPS) is 25.5. The van der Waals surface area contributed by atoms with E-state index in [0.29, 0.717) is 26.2 Å². The van der Waals surface area contributed by atoms with Crippen LogP contribution in [0.5, 0.6) is 0 Å². The van der Waals surface area contributed by atoms with Crippen LogP contribution in [0.3, 0.4) is 0 Å². The van der Waals surface area contributed by atoms with Crippen LogP contribution in [0.1, 0.15) is 12.8 Å². The van der Waals surface area contributed by atoms with Crippen molar-refractivity contribution in [2.75, 3.05) is 32.4 Å². The number of sulfonamides is 1.